The second-order valence-electron chi connectivity index (χ2n) is 6.71. The average molecular weight is 401 g/mol. The number of anilines is 1. The molecule has 8 nitrogen and oxygen atoms in total. The summed E-state index contributed by atoms with van der Waals surface area (Å²) >= 11 is 1.48. The highest BCUT2D eigenvalue weighted by Crippen LogP contribution is 2.31. The molecule has 0 bridgehead atoms. The molecule has 1 saturated heterocycles. The molecular formula is C19H23N5O3S. The molecule has 148 valence electrons. The number of amides is 2. The number of aryl methyl sites for hydroxylation is 2. The number of likely N-dealkylation sites (tertiary alicyclic amines) is 1. The monoisotopic (exact) mass is 401 g/mol. The third-order valence-electron chi connectivity index (χ3n) is 4.88. The fourth-order valence-electron chi connectivity index (χ4n) is 3.22. The summed E-state index contributed by atoms with van der Waals surface area (Å²) in [5, 5.41) is 9.91. The molecule has 2 aromatic heterocycles. The first-order valence-electron chi connectivity index (χ1n) is 9.02. The average Bonchev–Trinajstić information content (AvgIpc) is 3.27. The number of carbonyl (C=O) groups is 2. The van der Waals surface area contributed by atoms with E-state index in [2.05, 4.69) is 21.3 Å². The second kappa shape index (κ2) is 8.44. The Hall–Kier alpha value is -2.86. The summed E-state index contributed by atoms with van der Waals surface area (Å²) in [4.78, 5) is 30.6. The summed E-state index contributed by atoms with van der Waals surface area (Å²) in [5.41, 5.74) is 2.79. The topological polar surface area (TPSA) is 89.3 Å². The van der Waals surface area contributed by atoms with E-state index in [0.29, 0.717) is 18.8 Å². The predicted octanol–water partition coefficient (Wildman–Crippen LogP) is 2.69. The van der Waals surface area contributed by atoms with Gasteiger partial charge in [-0.05, 0) is 26.7 Å². The third-order valence-corrected chi connectivity index (χ3v) is 5.89. The van der Waals surface area contributed by atoms with E-state index in [9.17, 15) is 9.59 Å². The molecule has 3 rings (SSSR count). The summed E-state index contributed by atoms with van der Waals surface area (Å²) in [6.45, 7) is 4.92. The SMILES string of the molecule is C#CCOC(=O)N1CCC(c2nc(C(=O)Nc3c(C)nn(C)c3C)cs2)CC1. The van der Waals surface area contributed by atoms with Gasteiger partial charge in [-0.25, -0.2) is 9.78 Å². The lowest BCUT2D eigenvalue weighted by Gasteiger charge is -2.30. The number of aromatic nitrogens is 3. The first-order valence-corrected chi connectivity index (χ1v) is 9.90. The zero-order chi connectivity index (χ0) is 20.3. The molecule has 28 heavy (non-hydrogen) atoms. The predicted molar refractivity (Wildman–Crippen MR) is 106 cm³/mol. The van der Waals surface area contributed by atoms with E-state index in [1.165, 1.54) is 11.3 Å². The number of nitrogens with zero attached hydrogens (tertiary/aromatic N) is 4. The molecule has 1 aliphatic rings. The van der Waals surface area contributed by atoms with Crippen molar-refractivity contribution in [2.75, 3.05) is 25.0 Å². The lowest BCUT2D eigenvalue weighted by atomic mass is 9.98. The van der Waals surface area contributed by atoms with Crippen molar-refractivity contribution in [2.45, 2.75) is 32.6 Å². The van der Waals surface area contributed by atoms with Gasteiger partial charge in [0.25, 0.3) is 5.91 Å². The molecule has 0 unspecified atom stereocenters. The summed E-state index contributed by atoms with van der Waals surface area (Å²) in [6, 6.07) is 0. The van der Waals surface area contributed by atoms with Gasteiger partial charge >= 0.3 is 6.09 Å². The van der Waals surface area contributed by atoms with Crippen molar-refractivity contribution in [3.63, 3.8) is 0 Å². The van der Waals surface area contributed by atoms with E-state index >= 15 is 0 Å². The van der Waals surface area contributed by atoms with Crippen LogP contribution in [0.15, 0.2) is 5.38 Å². The van der Waals surface area contributed by atoms with Gasteiger partial charge < -0.3 is 15.0 Å². The van der Waals surface area contributed by atoms with E-state index in [1.54, 1.807) is 15.0 Å². The van der Waals surface area contributed by atoms with Crippen LogP contribution in [-0.4, -0.2) is 51.4 Å². The van der Waals surface area contributed by atoms with E-state index in [4.69, 9.17) is 11.2 Å². The van der Waals surface area contributed by atoms with Crippen LogP contribution in [-0.2, 0) is 11.8 Å². The maximum absolute atomic E-state index is 12.6. The summed E-state index contributed by atoms with van der Waals surface area (Å²) in [5.74, 6) is 2.28. The molecule has 2 aromatic rings. The Morgan fingerprint density at radius 2 is 2.11 bits per heavy atom. The van der Waals surface area contributed by atoms with Gasteiger partial charge in [-0.1, -0.05) is 5.92 Å². The fourth-order valence-corrected chi connectivity index (χ4v) is 4.19. The molecule has 9 heteroatoms. The highest BCUT2D eigenvalue weighted by Gasteiger charge is 2.27. The van der Waals surface area contributed by atoms with E-state index in [-0.39, 0.29) is 24.5 Å². The van der Waals surface area contributed by atoms with Crippen LogP contribution in [0.4, 0.5) is 10.5 Å². The number of terminal acetylenes is 1. The van der Waals surface area contributed by atoms with E-state index in [1.807, 2.05) is 20.9 Å². The Bertz CT molecular complexity index is 919. The first kappa shape index (κ1) is 19.9. The van der Waals surface area contributed by atoms with Gasteiger partial charge in [-0.15, -0.1) is 17.8 Å². The van der Waals surface area contributed by atoms with Crippen molar-refractivity contribution in [2.24, 2.45) is 7.05 Å². The third kappa shape index (κ3) is 4.17. The van der Waals surface area contributed by atoms with E-state index in [0.717, 1.165) is 34.9 Å². The standard InChI is InChI=1S/C19H23N5O3S/c1-5-10-27-19(26)24-8-6-14(7-9-24)18-20-15(11-28-18)17(25)21-16-12(2)22-23(4)13(16)3/h1,11,14H,6-10H2,2-4H3,(H,21,25). The number of ether oxygens (including phenoxy) is 1. The van der Waals surface area contributed by atoms with Crippen molar-refractivity contribution >= 4 is 29.0 Å². The van der Waals surface area contributed by atoms with Crippen molar-refractivity contribution in [3.8, 4) is 12.3 Å². The van der Waals surface area contributed by atoms with E-state index < -0.39 is 0 Å². The molecule has 0 saturated carbocycles. The summed E-state index contributed by atoms with van der Waals surface area (Å²) in [7, 11) is 1.84. The number of piperidine rings is 1. The highest BCUT2D eigenvalue weighted by molar-refractivity contribution is 7.10. The van der Waals surface area contributed by atoms with Gasteiger partial charge in [0, 0.05) is 31.4 Å². The van der Waals surface area contributed by atoms with Crippen LogP contribution in [0.5, 0.6) is 0 Å². The second-order valence-corrected chi connectivity index (χ2v) is 7.60. The molecule has 2 amide bonds. The molecule has 3 heterocycles. The number of hydrogen-bond acceptors (Lipinski definition) is 6. The summed E-state index contributed by atoms with van der Waals surface area (Å²) < 4.78 is 6.70. The molecule has 1 fully saturated rings. The molecule has 0 radical (unpaired) electrons. The van der Waals surface area contributed by atoms with Gasteiger partial charge in [0.1, 0.15) is 5.69 Å². The maximum atomic E-state index is 12.6. The van der Waals surface area contributed by atoms with Gasteiger partial charge in [0.15, 0.2) is 6.61 Å². The molecule has 0 atom stereocenters. The quantitative estimate of drug-likeness (QED) is 0.796. The van der Waals surface area contributed by atoms with Gasteiger partial charge in [-0.3, -0.25) is 9.48 Å². The molecule has 1 aliphatic heterocycles. The molecule has 0 aliphatic carbocycles. The molecule has 0 spiro atoms. The lowest BCUT2D eigenvalue weighted by Crippen LogP contribution is -2.38. The Kier molecular flexibility index (Phi) is 5.99. The van der Waals surface area contributed by atoms with Crippen molar-refractivity contribution in [3.05, 3.63) is 27.5 Å². The van der Waals surface area contributed by atoms with Crippen LogP contribution in [0.3, 0.4) is 0 Å². The minimum absolute atomic E-state index is 0.0143. The zero-order valence-electron chi connectivity index (χ0n) is 16.2. The highest BCUT2D eigenvalue weighted by atomic mass is 32.1. The van der Waals surface area contributed by atoms with Crippen molar-refractivity contribution in [1.29, 1.82) is 0 Å². The number of thiazole rings is 1. The minimum atomic E-state index is -0.377. The van der Waals surface area contributed by atoms with Crippen LogP contribution in [0.25, 0.3) is 0 Å². The van der Waals surface area contributed by atoms with Gasteiger partial charge in [-0.2, -0.15) is 5.10 Å². The van der Waals surface area contributed by atoms with Crippen LogP contribution in [0.1, 0.15) is 45.6 Å². The summed E-state index contributed by atoms with van der Waals surface area (Å²) in [6.07, 6.45) is 6.29. The normalized spacial score (nSPS) is 14.6. The van der Waals surface area contributed by atoms with Crippen molar-refractivity contribution in [1.82, 2.24) is 19.7 Å². The number of carbonyl (C=O) groups excluding carboxylic acids is 2. The van der Waals surface area contributed by atoms with Crippen LogP contribution < -0.4 is 5.32 Å². The minimum Gasteiger partial charge on any atom is -0.436 e. The Labute approximate surface area is 167 Å². The number of nitrogens with one attached hydrogen (secondary N) is 1. The van der Waals surface area contributed by atoms with Crippen LogP contribution in [0.2, 0.25) is 0 Å². The lowest BCUT2D eigenvalue weighted by molar-refractivity contribution is 0.102. The molecule has 1 N–H and O–H groups in total. The fraction of sp³-hybridized carbons (Fsp3) is 0.474. The number of hydrogen-bond donors (Lipinski definition) is 1. The smallest absolute Gasteiger partial charge is 0.410 e. The maximum Gasteiger partial charge on any atom is 0.410 e. The molecular weight excluding hydrogens is 378 g/mol. The Balaban J connectivity index is 1.59. The van der Waals surface area contributed by atoms with Crippen LogP contribution >= 0.6 is 11.3 Å². The van der Waals surface area contributed by atoms with Gasteiger partial charge in [0.2, 0.25) is 0 Å². The Morgan fingerprint density at radius 1 is 1.39 bits per heavy atom. The largest absolute Gasteiger partial charge is 0.436 e. The van der Waals surface area contributed by atoms with Crippen molar-refractivity contribution < 1.29 is 14.3 Å². The molecule has 0 aromatic carbocycles. The Morgan fingerprint density at radius 3 is 2.71 bits per heavy atom. The zero-order valence-corrected chi connectivity index (χ0v) is 17.0. The van der Waals surface area contributed by atoms with Crippen LogP contribution in [0, 0.1) is 26.2 Å². The number of rotatable bonds is 4. The first-order chi connectivity index (χ1) is 13.4. The van der Waals surface area contributed by atoms with Gasteiger partial charge in [0.05, 0.1) is 22.1 Å².